The quantitative estimate of drug-likeness (QED) is 0.806. The van der Waals surface area contributed by atoms with Crippen molar-refractivity contribution in [2.75, 3.05) is 20.3 Å². The number of ether oxygens (including phenoxy) is 2. The standard InChI is InChI=1S/C20H25NO3/c1-15(2)17-9-5-7-11-19(17)24-14-20(22)21-13-12-16-8-4-6-10-18(16)23-3/h4-11,15H,12-14H2,1-3H3,(H,21,22). The van der Waals surface area contributed by atoms with Crippen molar-refractivity contribution in [1.29, 1.82) is 0 Å². The number of nitrogens with one attached hydrogen (secondary N) is 1. The maximum absolute atomic E-state index is 12.0. The first-order chi connectivity index (χ1) is 11.6. The highest BCUT2D eigenvalue weighted by molar-refractivity contribution is 5.77. The van der Waals surface area contributed by atoms with Crippen molar-refractivity contribution in [2.45, 2.75) is 26.2 Å². The number of hydrogen-bond donors (Lipinski definition) is 1. The molecular weight excluding hydrogens is 302 g/mol. The molecule has 2 rings (SSSR count). The van der Waals surface area contributed by atoms with Gasteiger partial charge in [-0.05, 0) is 35.6 Å². The summed E-state index contributed by atoms with van der Waals surface area (Å²) in [6.45, 7) is 4.79. The van der Waals surface area contributed by atoms with Gasteiger partial charge in [0, 0.05) is 6.54 Å². The van der Waals surface area contributed by atoms with Gasteiger partial charge in [-0.2, -0.15) is 0 Å². The Morgan fingerprint density at radius 3 is 2.42 bits per heavy atom. The first-order valence-electron chi connectivity index (χ1n) is 8.22. The minimum Gasteiger partial charge on any atom is -0.496 e. The summed E-state index contributed by atoms with van der Waals surface area (Å²) in [5.74, 6) is 1.85. The number of carbonyl (C=O) groups excluding carboxylic acids is 1. The van der Waals surface area contributed by atoms with E-state index >= 15 is 0 Å². The lowest BCUT2D eigenvalue weighted by Crippen LogP contribution is -2.30. The molecule has 0 aliphatic rings. The summed E-state index contributed by atoms with van der Waals surface area (Å²) in [5.41, 5.74) is 2.19. The smallest absolute Gasteiger partial charge is 0.257 e. The molecule has 0 saturated carbocycles. The third-order valence-corrected chi connectivity index (χ3v) is 3.81. The lowest BCUT2D eigenvalue weighted by atomic mass is 10.0. The number of methoxy groups -OCH3 is 1. The molecule has 1 amide bonds. The van der Waals surface area contributed by atoms with Crippen molar-refractivity contribution in [1.82, 2.24) is 5.32 Å². The Morgan fingerprint density at radius 2 is 1.71 bits per heavy atom. The minimum absolute atomic E-state index is 0.0235. The van der Waals surface area contributed by atoms with Crippen LogP contribution in [0.4, 0.5) is 0 Å². The molecule has 0 aromatic heterocycles. The van der Waals surface area contributed by atoms with E-state index in [0.29, 0.717) is 12.5 Å². The van der Waals surface area contributed by atoms with E-state index in [1.165, 1.54) is 0 Å². The van der Waals surface area contributed by atoms with Gasteiger partial charge < -0.3 is 14.8 Å². The summed E-state index contributed by atoms with van der Waals surface area (Å²) in [6, 6.07) is 15.6. The number of hydrogen-bond acceptors (Lipinski definition) is 3. The van der Waals surface area contributed by atoms with E-state index in [4.69, 9.17) is 9.47 Å². The first kappa shape index (κ1) is 17.9. The van der Waals surface area contributed by atoms with Crippen LogP contribution in [0.1, 0.15) is 30.9 Å². The normalized spacial score (nSPS) is 10.5. The van der Waals surface area contributed by atoms with Crippen LogP contribution in [0.3, 0.4) is 0 Å². The van der Waals surface area contributed by atoms with Gasteiger partial charge in [-0.3, -0.25) is 4.79 Å². The number of para-hydroxylation sites is 2. The van der Waals surface area contributed by atoms with Crippen LogP contribution in [0.2, 0.25) is 0 Å². The van der Waals surface area contributed by atoms with Crippen LogP contribution in [0, 0.1) is 0 Å². The third kappa shape index (κ3) is 5.01. The number of carbonyl (C=O) groups is 1. The summed E-state index contributed by atoms with van der Waals surface area (Å²) in [4.78, 5) is 12.0. The second-order valence-corrected chi connectivity index (χ2v) is 5.89. The van der Waals surface area contributed by atoms with Gasteiger partial charge in [0.1, 0.15) is 11.5 Å². The van der Waals surface area contributed by atoms with Gasteiger partial charge in [0.15, 0.2) is 6.61 Å². The van der Waals surface area contributed by atoms with Gasteiger partial charge in [0.2, 0.25) is 0 Å². The van der Waals surface area contributed by atoms with E-state index in [-0.39, 0.29) is 12.5 Å². The lowest BCUT2D eigenvalue weighted by molar-refractivity contribution is -0.123. The fourth-order valence-corrected chi connectivity index (χ4v) is 2.53. The monoisotopic (exact) mass is 327 g/mol. The Labute approximate surface area is 143 Å². The van der Waals surface area contributed by atoms with Crippen molar-refractivity contribution < 1.29 is 14.3 Å². The number of amides is 1. The molecule has 0 radical (unpaired) electrons. The molecule has 4 heteroatoms. The van der Waals surface area contributed by atoms with Crippen LogP contribution in [0.15, 0.2) is 48.5 Å². The minimum atomic E-state index is -0.122. The van der Waals surface area contributed by atoms with E-state index in [1.54, 1.807) is 7.11 Å². The molecule has 24 heavy (non-hydrogen) atoms. The second kappa shape index (κ2) is 8.96. The maximum atomic E-state index is 12.0. The molecule has 0 bridgehead atoms. The fraction of sp³-hybridized carbons (Fsp3) is 0.350. The molecule has 1 N–H and O–H groups in total. The maximum Gasteiger partial charge on any atom is 0.257 e. The van der Waals surface area contributed by atoms with Crippen molar-refractivity contribution >= 4 is 5.91 Å². The Morgan fingerprint density at radius 1 is 1.04 bits per heavy atom. The molecule has 4 nitrogen and oxygen atoms in total. The second-order valence-electron chi connectivity index (χ2n) is 5.89. The van der Waals surface area contributed by atoms with Gasteiger partial charge in [-0.1, -0.05) is 50.2 Å². The predicted molar refractivity (Wildman–Crippen MR) is 95.7 cm³/mol. The van der Waals surface area contributed by atoms with Gasteiger partial charge >= 0.3 is 0 Å². The Hall–Kier alpha value is -2.49. The molecule has 0 fully saturated rings. The van der Waals surface area contributed by atoms with Crippen LogP contribution >= 0.6 is 0 Å². The van der Waals surface area contributed by atoms with Crippen molar-refractivity contribution in [2.24, 2.45) is 0 Å². The summed E-state index contributed by atoms with van der Waals surface area (Å²) in [6.07, 6.45) is 0.721. The van der Waals surface area contributed by atoms with E-state index in [9.17, 15) is 4.79 Å². The zero-order valence-corrected chi connectivity index (χ0v) is 14.5. The van der Waals surface area contributed by atoms with Crippen LogP contribution in [-0.4, -0.2) is 26.2 Å². The molecule has 0 saturated heterocycles. The average molecular weight is 327 g/mol. The molecule has 0 aliphatic heterocycles. The highest BCUT2D eigenvalue weighted by Gasteiger charge is 2.09. The number of rotatable bonds is 8. The summed E-state index contributed by atoms with van der Waals surface area (Å²) in [5, 5.41) is 2.88. The van der Waals surface area contributed by atoms with Crippen molar-refractivity contribution in [3.8, 4) is 11.5 Å². The molecule has 128 valence electrons. The van der Waals surface area contributed by atoms with E-state index in [1.807, 2.05) is 48.5 Å². The van der Waals surface area contributed by atoms with Crippen LogP contribution in [-0.2, 0) is 11.2 Å². The Balaban J connectivity index is 1.80. The summed E-state index contributed by atoms with van der Waals surface area (Å²) in [7, 11) is 1.65. The van der Waals surface area contributed by atoms with Gasteiger partial charge in [0.25, 0.3) is 5.91 Å². The topological polar surface area (TPSA) is 47.6 Å². The Kier molecular flexibility index (Phi) is 6.67. The molecule has 0 spiro atoms. The van der Waals surface area contributed by atoms with Crippen molar-refractivity contribution in [3.63, 3.8) is 0 Å². The van der Waals surface area contributed by atoms with Crippen LogP contribution in [0.5, 0.6) is 11.5 Å². The van der Waals surface area contributed by atoms with E-state index in [0.717, 1.165) is 29.0 Å². The van der Waals surface area contributed by atoms with E-state index in [2.05, 4.69) is 19.2 Å². The SMILES string of the molecule is COc1ccccc1CCNC(=O)COc1ccccc1C(C)C. The highest BCUT2D eigenvalue weighted by atomic mass is 16.5. The average Bonchev–Trinajstić information content (AvgIpc) is 2.60. The zero-order chi connectivity index (χ0) is 17.4. The molecule has 0 aliphatic carbocycles. The van der Waals surface area contributed by atoms with Gasteiger partial charge in [0.05, 0.1) is 7.11 Å². The van der Waals surface area contributed by atoms with Crippen LogP contribution in [0.25, 0.3) is 0 Å². The summed E-state index contributed by atoms with van der Waals surface area (Å²) < 4.78 is 11.0. The lowest BCUT2D eigenvalue weighted by Gasteiger charge is -2.14. The highest BCUT2D eigenvalue weighted by Crippen LogP contribution is 2.25. The van der Waals surface area contributed by atoms with Crippen molar-refractivity contribution in [3.05, 3.63) is 59.7 Å². The predicted octanol–water partition coefficient (Wildman–Crippen LogP) is 3.56. The fourth-order valence-electron chi connectivity index (χ4n) is 2.53. The summed E-state index contributed by atoms with van der Waals surface area (Å²) >= 11 is 0. The zero-order valence-electron chi connectivity index (χ0n) is 14.5. The number of benzene rings is 2. The third-order valence-electron chi connectivity index (χ3n) is 3.81. The Bertz CT molecular complexity index is 667. The van der Waals surface area contributed by atoms with Gasteiger partial charge in [-0.25, -0.2) is 0 Å². The molecule has 2 aromatic rings. The van der Waals surface area contributed by atoms with Crippen LogP contribution < -0.4 is 14.8 Å². The molecule has 0 unspecified atom stereocenters. The molecule has 2 aromatic carbocycles. The van der Waals surface area contributed by atoms with E-state index < -0.39 is 0 Å². The molecule has 0 atom stereocenters. The van der Waals surface area contributed by atoms with Gasteiger partial charge in [-0.15, -0.1) is 0 Å². The largest absolute Gasteiger partial charge is 0.496 e. The molecule has 0 heterocycles. The molecular formula is C20H25NO3. The first-order valence-corrected chi connectivity index (χ1v) is 8.22.